The van der Waals surface area contributed by atoms with Crippen molar-refractivity contribution in [1.29, 1.82) is 0 Å². The second-order valence-corrected chi connectivity index (χ2v) is 6.03. The number of hydrogen-bond acceptors (Lipinski definition) is 5. The van der Waals surface area contributed by atoms with Crippen LogP contribution in [0, 0.1) is 0 Å². The second-order valence-electron chi connectivity index (χ2n) is 5.18. The SMILES string of the molecule is CCO[C@H]1CN(C(=O)c2csc(-c3ccccc3)n2)C[C@@H]1O. The molecule has 0 spiro atoms. The molecule has 0 unspecified atom stereocenters. The maximum Gasteiger partial charge on any atom is 0.273 e. The monoisotopic (exact) mass is 318 g/mol. The number of aromatic nitrogens is 1. The van der Waals surface area contributed by atoms with Crippen LogP contribution in [0.25, 0.3) is 10.6 Å². The molecule has 2 heterocycles. The maximum atomic E-state index is 12.5. The van der Waals surface area contributed by atoms with Crippen LogP contribution in [0.1, 0.15) is 17.4 Å². The Kier molecular flexibility index (Phi) is 4.52. The molecule has 2 aromatic rings. The van der Waals surface area contributed by atoms with E-state index >= 15 is 0 Å². The lowest BCUT2D eigenvalue weighted by Crippen LogP contribution is -2.30. The van der Waals surface area contributed by atoms with Crippen LogP contribution in [0.5, 0.6) is 0 Å². The summed E-state index contributed by atoms with van der Waals surface area (Å²) in [6.45, 7) is 3.11. The molecule has 3 rings (SSSR count). The first-order valence-corrected chi connectivity index (χ1v) is 8.17. The van der Waals surface area contributed by atoms with Crippen LogP contribution in [0.2, 0.25) is 0 Å². The highest BCUT2D eigenvalue weighted by molar-refractivity contribution is 7.13. The Labute approximate surface area is 133 Å². The van der Waals surface area contributed by atoms with Crippen LogP contribution in [0.4, 0.5) is 0 Å². The van der Waals surface area contributed by atoms with Gasteiger partial charge in [0, 0.05) is 30.6 Å². The van der Waals surface area contributed by atoms with E-state index in [0.717, 1.165) is 10.6 Å². The van der Waals surface area contributed by atoms with Gasteiger partial charge in [0.05, 0.1) is 6.10 Å². The van der Waals surface area contributed by atoms with Crippen molar-refractivity contribution in [3.05, 3.63) is 41.4 Å². The van der Waals surface area contributed by atoms with Gasteiger partial charge in [-0.1, -0.05) is 30.3 Å². The zero-order valence-electron chi connectivity index (χ0n) is 12.3. The third-order valence-electron chi connectivity index (χ3n) is 3.65. The third kappa shape index (κ3) is 3.04. The molecule has 1 amide bonds. The van der Waals surface area contributed by atoms with Gasteiger partial charge in [0.1, 0.15) is 16.8 Å². The summed E-state index contributed by atoms with van der Waals surface area (Å²) < 4.78 is 5.44. The van der Waals surface area contributed by atoms with Gasteiger partial charge in [-0.25, -0.2) is 4.98 Å². The predicted octanol–water partition coefficient (Wildman–Crippen LogP) is 2.03. The average molecular weight is 318 g/mol. The number of benzene rings is 1. The number of nitrogens with zero attached hydrogens (tertiary/aromatic N) is 2. The van der Waals surface area contributed by atoms with Gasteiger partial charge < -0.3 is 14.7 Å². The van der Waals surface area contributed by atoms with Gasteiger partial charge in [-0.2, -0.15) is 0 Å². The molecule has 1 aliphatic heterocycles. The largest absolute Gasteiger partial charge is 0.388 e. The van der Waals surface area contributed by atoms with Crippen molar-refractivity contribution in [1.82, 2.24) is 9.88 Å². The van der Waals surface area contributed by atoms with E-state index < -0.39 is 6.10 Å². The fourth-order valence-corrected chi connectivity index (χ4v) is 3.35. The van der Waals surface area contributed by atoms with Crippen LogP contribution in [-0.4, -0.2) is 52.8 Å². The number of thiazole rings is 1. The Morgan fingerprint density at radius 2 is 2.18 bits per heavy atom. The van der Waals surface area contributed by atoms with Gasteiger partial charge in [-0.05, 0) is 6.92 Å². The summed E-state index contributed by atoms with van der Waals surface area (Å²) in [5.41, 5.74) is 1.42. The third-order valence-corrected chi connectivity index (χ3v) is 4.54. The molecule has 0 bridgehead atoms. The van der Waals surface area contributed by atoms with Crippen molar-refractivity contribution in [2.24, 2.45) is 0 Å². The normalized spacial score (nSPS) is 21.3. The number of rotatable bonds is 4. The standard InChI is InChI=1S/C16H18N2O3S/c1-2-21-14-9-18(8-13(14)19)16(20)12-10-22-15(17-12)11-6-4-3-5-7-11/h3-7,10,13-14,19H,2,8-9H2,1H3/t13-,14-/m0/s1. The smallest absolute Gasteiger partial charge is 0.273 e. The van der Waals surface area contributed by atoms with E-state index in [1.165, 1.54) is 11.3 Å². The number of amides is 1. The maximum absolute atomic E-state index is 12.5. The molecule has 22 heavy (non-hydrogen) atoms. The molecule has 1 saturated heterocycles. The lowest BCUT2D eigenvalue weighted by molar-refractivity contribution is -0.00237. The van der Waals surface area contributed by atoms with Crippen molar-refractivity contribution in [3.8, 4) is 10.6 Å². The highest BCUT2D eigenvalue weighted by Crippen LogP contribution is 2.25. The molecule has 1 aromatic heterocycles. The van der Waals surface area contributed by atoms with Crippen molar-refractivity contribution in [3.63, 3.8) is 0 Å². The molecule has 0 saturated carbocycles. The molecule has 2 atom stereocenters. The first-order valence-electron chi connectivity index (χ1n) is 7.29. The van der Waals surface area contributed by atoms with Crippen LogP contribution in [-0.2, 0) is 4.74 Å². The highest BCUT2D eigenvalue weighted by Gasteiger charge is 2.35. The van der Waals surface area contributed by atoms with Crippen LogP contribution < -0.4 is 0 Å². The highest BCUT2D eigenvalue weighted by atomic mass is 32.1. The zero-order valence-corrected chi connectivity index (χ0v) is 13.1. The van der Waals surface area contributed by atoms with Gasteiger partial charge >= 0.3 is 0 Å². The Balaban J connectivity index is 1.73. The Morgan fingerprint density at radius 3 is 2.91 bits per heavy atom. The van der Waals surface area contributed by atoms with Gasteiger partial charge in [0.25, 0.3) is 5.91 Å². The summed E-state index contributed by atoms with van der Waals surface area (Å²) in [5.74, 6) is -0.153. The molecular formula is C16H18N2O3S. The van der Waals surface area contributed by atoms with Crippen LogP contribution in [0.15, 0.2) is 35.7 Å². The Bertz CT molecular complexity index is 644. The summed E-state index contributed by atoms with van der Waals surface area (Å²) in [6, 6.07) is 9.78. The number of carbonyl (C=O) groups is 1. The first-order chi connectivity index (χ1) is 10.7. The van der Waals surface area contributed by atoms with E-state index in [4.69, 9.17) is 4.74 Å². The summed E-state index contributed by atoms with van der Waals surface area (Å²) >= 11 is 1.45. The Morgan fingerprint density at radius 1 is 1.41 bits per heavy atom. The lowest BCUT2D eigenvalue weighted by Gasteiger charge is -2.14. The molecule has 1 fully saturated rings. The summed E-state index contributed by atoms with van der Waals surface area (Å²) in [5, 5.41) is 12.5. The van der Waals surface area contributed by atoms with Gasteiger partial charge in [-0.15, -0.1) is 11.3 Å². The second kappa shape index (κ2) is 6.56. The van der Waals surface area contributed by atoms with Gasteiger partial charge in [0.15, 0.2) is 0 Å². The van der Waals surface area contributed by atoms with Crippen LogP contribution >= 0.6 is 11.3 Å². The summed E-state index contributed by atoms with van der Waals surface area (Å²) in [6.07, 6.45) is -0.933. The summed E-state index contributed by atoms with van der Waals surface area (Å²) in [7, 11) is 0. The number of likely N-dealkylation sites (tertiary alicyclic amines) is 1. The molecule has 0 radical (unpaired) electrons. The molecule has 6 heteroatoms. The number of carbonyl (C=O) groups excluding carboxylic acids is 1. The van der Waals surface area contributed by atoms with E-state index in [9.17, 15) is 9.90 Å². The molecule has 1 aliphatic rings. The van der Waals surface area contributed by atoms with Gasteiger partial charge in [-0.3, -0.25) is 4.79 Å². The molecule has 116 valence electrons. The minimum atomic E-state index is -0.629. The number of ether oxygens (including phenoxy) is 1. The number of β-amino-alcohol motifs (C(OH)–C–C–N with tert-alkyl or cyclic N) is 1. The predicted molar refractivity (Wildman–Crippen MR) is 84.9 cm³/mol. The minimum Gasteiger partial charge on any atom is -0.388 e. The van der Waals surface area contributed by atoms with E-state index in [0.29, 0.717) is 25.4 Å². The Hall–Kier alpha value is -1.76. The average Bonchev–Trinajstić information content (AvgIpc) is 3.16. The minimum absolute atomic E-state index is 0.153. The van der Waals surface area contributed by atoms with Crippen molar-refractivity contribution >= 4 is 17.2 Å². The number of hydrogen-bond donors (Lipinski definition) is 1. The number of aliphatic hydroxyl groups is 1. The van der Waals surface area contributed by atoms with Crippen molar-refractivity contribution in [2.75, 3.05) is 19.7 Å². The quantitative estimate of drug-likeness (QED) is 0.937. The van der Waals surface area contributed by atoms with Gasteiger partial charge in [0.2, 0.25) is 0 Å². The van der Waals surface area contributed by atoms with Crippen molar-refractivity contribution < 1.29 is 14.6 Å². The lowest BCUT2D eigenvalue weighted by atomic mass is 10.2. The molecule has 1 N–H and O–H groups in total. The molecule has 5 nitrogen and oxygen atoms in total. The van der Waals surface area contributed by atoms with Crippen molar-refractivity contribution in [2.45, 2.75) is 19.1 Å². The van der Waals surface area contributed by atoms with Crippen LogP contribution in [0.3, 0.4) is 0 Å². The van der Waals surface area contributed by atoms with E-state index in [1.807, 2.05) is 37.3 Å². The topological polar surface area (TPSA) is 62.7 Å². The van der Waals surface area contributed by atoms with E-state index in [2.05, 4.69) is 4.98 Å². The fraction of sp³-hybridized carbons (Fsp3) is 0.375. The first kappa shape index (κ1) is 15.1. The molecular weight excluding hydrogens is 300 g/mol. The van der Waals surface area contributed by atoms with E-state index in [-0.39, 0.29) is 12.0 Å². The zero-order chi connectivity index (χ0) is 15.5. The number of aliphatic hydroxyl groups excluding tert-OH is 1. The fourth-order valence-electron chi connectivity index (χ4n) is 2.55. The summed E-state index contributed by atoms with van der Waals surface area (Å²) in [4.78, 5) is 18.5. The molecule has 0 aliphatic carbocycles. The molecule has 1 aromatic carbocycles. The van der Waals surface area contributed by atoms with E-state index in [1.54, 1.807) is 10.3 Å².